The van der Waals surface area contributed by atoms with Gasteiger partial charge in [-0.1, -0.05) is 0 Å². The van der Waals surface area contributed by atoms with Crippen LogP contribution in [0.25, 0.3) is 11.5 Å². The van der Waals surface area contributed by atoms with E-state index in [4.69, 9.17) is 9.26 Å². The third-order valence-electron chi connectivity index (χ3n) is 2.90. The van der Waals surface area contributed by atoms with Crippen LogP contribution in [0.5, 0.6) is 5.75 Å². The molecule has 0 unspecified atom stereocenters. The van der Waals surface area contributed by atoms with E-state index in [2.05, 4.69) is 10.1 Å². The molecule has 0 aliphatic carbocycles. The van der Waals surface area contributed by atoms with Gasteiger partial charge < -0.3 is 19.3 Å². The zero-order valence-electron chi connectivity index (χ0n) is 10.0. The summed E-state index contributed by atoms with van der Waals surface area (Å²) >= 11 is 0. The molecule has 2 aromatic rings. The number of aromatic hydroxyl groups is 1. The van der Waals surface area contributed by atoms with Crippen LogP contribution in [0.2, 0.25) is 0 Å². The Morgan fingerprint density at radius 1 is 1.26 bits per heavy atom. The molecule has 0 amide bonds. The second-order valence-electron chi connectivity index (χ2n) is 4.16. The van der Waals surface area contributed by atoms with Gasteiger partial charge in [0.05, 0.1) is 18.8 Å². The Labute approximate surface area is 108 Å². The zero-order valence-corrected chi connectivity index (χ0v) is 10.0. The number of phenols is 1. The van der Waals surface area contributed by atoms with Crippen molar-refractivity contribution in [3.8, 4) is 17.2 Å². The van der Waals surface area contributed by atoms with E-state index in [1.165, 1.54) is 12.1 Å². The third kappa shape index (κ3) is 2.37. The van der Waals surface area contributed by atoms with Crippen molar-refractivity contribution < 1.29 is 18.8 Å². The molecule has 1 aromatic carbocycles. The summed E-state index contributed by atoms with van der Waals surface area (Å²) in [5.41, 5.74) is 0.313. The van der Waals surface area contributed by atoms with Crippen LogP contribution in [0, 0.1) is 5.82 Å². The minimum Gasteiger partial charge on any atom is -0.507 e. The minimum absolute atomic E-state index is 0.166. The van der Waals surface area contributed by atoms with Gasteiger partial charge in [0.25, 0.3) is 11.8 Å². The van der Waals surface area contributed by atoms with Gasteiger partial charge in [0, 0.05) is 19.2 Å². The van der Waals surface area contributed by atoms with E-state index in [0.29, 0.717) is 37.8 Å². The van der Waals surface area contributed by atoms with Crippen molar-refractivity contribution in [1.29, 1.82) is 0 Å². The number of rotatable bonds is 2. The van der Waals surface area contributed by atoms with Gasteiger partial charge in [-0.3, -0.25) is 0 Å². The number of aromatic nitrogens is 2. The van der Waals surface area contributed by atoms with Crippen LogP contribution in [-0.2, 0) is 4.74 Å². The van der Waals surface area contributed by atoms with Gasteiger partial charge in [-0.2, -0.15) is 4.98 Å². The molecule has 3 rings (SSSR count). The topological polar surface area (TPSA) is 71.6 Å². The molecule has 1 N–H and O–H groups in total. The number of benzene rings is 1. The molecule has 0 saturated carbocycles. The molecule has 0 atom stereocenters. The highest BCUT2D eigenvalue weighted by molar-refractivity contribution is 5.62. The Morgan fingerprint density at radius 3 is 2.79 bits per heavy atom. The first-order valence-electron chi connectivity index (χ1n) is 5.89. The summed E-state index contributed by atoms with van der Waals surface area (Å²) in [5, 5.41) is 13.5. The maximum atomic E-state index is 12.9. The van der Waals surface area contributed by atoms with E-state index in [0.717, 1.165) is 6.07 Å². The molecule has 6 nitrogen and oxygen atoms in total. The number of morpholine rings is 1. The number of nitrogens with zero attached hydrogens (tertiary/aromatic N) is 3. The van der Waals surface area contributed by atoms with E-state index in [1.807, 2.05) is 4.90 Å². The standard InChI is InChI=1S/C12H12FN3O3/c13-8-1-2-9(10(17)7-8)11-14-12(15-19-11)16-3-5-18-6-4-16/h1-2,7,17H,3-6H2. The first-order valence-corrected chi connectivity index (χ1v) is 5.89. The SMILES string of the molecule is Oc1cc(F)ccc1-c1nc(N2CCOCC2)no1. The van der Waals surface area contributed by atoms with Crippen LogP contribution < -0.4 is 4.90 Å². The molecular formula is C12H12FN3O3. The highest BCUT2D eigenvalue weighted by Crippen LogP contribution is 2.29. The predicted octanol–water partition coefficient (Wildman–Crippen LogP) is 1.42. The van der Waals surface area contributed by atoms with Crippen LogP contribution in [0.15, 0.2) is 22.7 Å². The first-order chi connectivity index (χ1) is 9.24. The monoisotopic (exact) mass is 265 g/mol. The van der Waals surface area contributed by atoms with Crippen LogP contribution in [0.1, 0.15) is 0 Å². The predicted molar refractivity (Wildman–Crippen MR) is 64.4 cm³/mol. The van der Waals surface area contributed by atoms with Gasteiger partial charge in [0.15, 0.2) is 0 Å². The number of ether oxygens (including phenoxy) is 1. The summed E-state index contributed by atoms with van der Waals surface area (Å²) < 4.78 is 23.2. The van der Waals surface area contributed by atoms with E-state index < -0.39 is 5.82 Å². The van der Waals surface area contributed by atoms with Crippen molar-refractivity contribution in [3.63, 3.8) is 0 Å². The molecule has 1 aliphatic heterocycles. The Balaban J connectivity index is 1.87. The summed E-state index contributed by atoms with van der Waals surface area (Å²) in [6.45, 7) is 2.61. The number of hydrogen-bond acceptors (Lipinski definition) is 6. The average molecular weight is 265 g/mol. The first kappa shape index (κ1) is 11.9. The van der Waals surface area contributed by atoms with Crippen molar-refractivity contribution in [3.05, 3.63) is 24.0 Å². The molecule has 1 aliphatic rings. The molecular weight excluding hydrogens is 253 g/mol. The minimum atomic E-state index is -0.519. The number of hydrogen-bond donors (Lipinski definition) is 1. The van der Waals surface area contributed by atoms with Crippen molar-refractivity contribution >= 4 is 5.95 Å². The fourth-order valence-electron chi connectivity index (χ4n) is 1.90. The van der Waals surface area contributed by atoms with Crippen LogP contribution >= 0.6 is 0 Å². The van der Waals surface area contributed by atoms with Crippen LogP contribution in [-0.4, -0.2) is 41.6 Å². The summed E-state index contributed by atoms with van der Waals surface area (Å²) in [5.74, 6) is -0.132. The van der Waals surface area contributed by atoms with Crippen LogP contribution in [0.4, 0.5) is 10.3 Å². The second-order valence-corrected chi connectivity index (χ2v) is 4.16. The normalized spacial score (nSPS) is 15.7. The molecule has 7 heteroatoms. The summed E-state index contributed by atoms with van der Waals surface area (Å²) in [6.07, 6.45) is 0. The van der Waals surface area contributed by atoms with Crippen molar-refractivity contribution in [2.24, 2.45) is 0 Å². The number of halogens is 1. The summed E-state index contributed by atoms with van der Waals surface area (Å²) in [7, 11) is 0. The van der Waals surface area contributed by atoms with Gasteiger partial charge in [-0.25, -0.2) is 4.39 Å². The molecule has 0 spiro atoms. The fraction of sp³-hybridized carbons (Fsp3) is 0.333. The van der Waals surface area contributed by atoms with E-state index >= 15 is 0 Å². The van der Waals surface area contributed by atoms with E-state index in [-0.39, 0.29) is 11.6 Å². The maximum absolute atomic E-state index is 12.9. The molecule has 100 valence electrons. The van der Waals surface area contributed by atoms with Crippen molar-refractivity contribution in [1.82, 2.24) is 10.1 Å². The average Bonchev–Trinajstić information content (AvgIpc) is 2.89. The summed E-state index contributed by atoms with van der Waals surface area (Å²) in [6, 6.07) is 3.64. The van der Waals surface area contributed by atoms with Crippen molar-refractivity contribution in [2.45, 2.75) is 0 Å². The van der Waals surface area contributed by atoms with Crippen molar-refractivity contribution in [2.75, 3.05) is 31.2 Å². The van der Waals surface area contributed by atoms with E-state index in [9.17, 15) is 9.50 Å². The number of anilines is 1. The zero-order chi connectivity index (χ0) is 13.2. The smallest absolute Gasteiger partial charge is 0.266 e. The quantitative estimate of drug-likeness (QED) is 0.885. The largest absolute Gasteiger partial charge is 0.507 e. The Hall–Kier alpha value is -2.15. The van der Waals surface area contributed by atoms with Gasteiger partial charge in [-0.05, 0) is 17.3 Å². The maximum Gasteiger partial charge on any atom is 0.266 e. The highest BCUT2D eigenvalue weighted by atomic mass is 19.1. The third-order valence-corrected chi connectivity index (χ3v) is 2.90. The molecule has 2 heterocycles. The van der Waals surface area contributed by atoms with Gasteiger partial charge >= 0.3 is 0 Å². The lowest BCUT2D eigenvalue weighted by molar-refractivity contribution is 0.121. The Morgan fingerprint density at radius 2 is 2.05 bits per heavy atom. The van der Waals surface area contributed by atoms with Gasteiger partial charge in [0.2, 0.25) is 0 Å². The lowest BCUT2D eigenvalue weighted by atomic mass is 10.2. The van der Waals surface area contributed by atoms with Gasteiger partial charge in [-0.15, -0.1) is 0 Å². The molecule has 0 bridgehead atoms. The lowest BCUT2D eigenvalue weighted by Crippen LogP contribution is -2.36. The molecule has 1 aromatic heterocycles. The molecule has 19 heavy (non-hydrogen) atoms. The fourth-order valence-corrected chi connectivity index (χ4v) is 1.90. The second kappa shape index (κ2) is 4.85. The Kier molecular flexibility index (Phi) is 3.04. The number of phenolic OH excluding ortho intramolecular Hbond substituents is 1. The van der Waals surface area contributed by atoms with Crippen LogP contribution in [0.3, 0.4) is 0 Å². The Bertz CT molecular complexity index is 581. The van der Waals surface area contributed by atoms with E-state index in [1.54, 1.807) is 0 Å². The molecule has 0 radical (unpaired) electrons. The molecule has 1 saturated heterocycles. The summed E-state index contributed by atoms with van der Waals surface area (Å²) in [4.78, 5) is 6.13. The molecule has 1 fully saturated rings. The lowest BCUT2D eigenvalue weighted by Gasteiger charge is -2.24. The van der Waals surface area contributed by atoms with Gasteiger partial charge in [0.1, 0.15) is 11.6 Å². The highest BCUT2D eigenvalue weighted by Gasteiger charge is 2.19.